The number of carbonyl (C=O) groups excluding carboxylic acids is 2. The van der Waals surface area contributed by atoms with Crippen molar-refractivity contribution in [3.05, 3.63) is 59.8 Å². The molecule has 3 rings (SSSR count). The van der Waals surface area contributed by atoms with E-state index in [1.165, 1.54) is 24.7 Å². The Kier molecular flexibility index (Phi) is 4.41. The van der Waals surface area contributed by atoms with Crippen LogP contribution in [0.3, 0.4) is 0 Å². The molecule has 2 aromatic rings. The van der Waals surface area contributed by atoms with Gasteiger partial charge in [0.05, 0.1) is 18.2 Å². The molecule has 1 aliphatic heterocycles. The summed E-state index contributed by atoms with van der Waals surface area (Å²) in [6, 6.07) is 7.57. The molecule has 1 saturated heterocycles. The first-order valence-electron chi connectivity index (χ1n) is 7.47. The van der Waals surface area contributed by atoms with E-state index in [0.717, 1.165) is 5.56 Å². The second kappa shape index (κ2) is 6.64. The average molecular weight is 316 g/mol. The third-order valence-corrected chi connectivity index (χ3v) is 3.96. The number of nitrogens with zero attached hydrogens (tertiary/aromatic N) is 2. The van der Waals surface area contributed by atoms with Crippen molar-refractivity contribution >= 4 is 11.8 Å². The number of hydrogen-bond acceptors (Lipinski definition) is 3. The van der Waals surface area contributed by atoms with Gasteiger partial charge in [-0.3, -0.25) is 9.59 Å². The van der Waals surface area contributed by atoms with Gasteiger partial charge in [0.1, 0.15) is 12.1 Å². The largest absolute Gasteiger partial charge is 0.472 e. The molecule has 2 amide bonds. The molecule has 0 spiro atoms. The number of benzene rings is 1. The van der Waals surface area contributed by atoms with Gasteiger partial charge in [-0.25, -0.2) is 4.39 Å². The van der Waals surface area contributed by atoms with Crippen LogP contribution in [0.2, 0.25) is 0 Å². The van der Waals surface area contributed by atoms with Gasteiger partial charge in [-0.05, 0) is 23.8 Å². The van der Waals surface area contributed by atoms with Crippen LogP contribution in [0.1, 0.15) is 15.9 Å². The number of piperazine rings is 1. The van der Waals surface area contributed by atoms with Gasteiger partial charge >= 0.3 is 0 Å². The van der Waals surface area contributed by atoms with Crippen LogP contribution in [0.15, 0.2) is 47.3 Å². The van der Waals surface area contributed by atoms with E-state index < -0.39 is 0 Å². The Balaban J connectivity index is 1.53. The summed E-state index contributed by atoms with van der Waals surface area (Å²) in [5.74, 6) is -0.399. The van der Waals surface area contributed by atoms with Gasteiger partial charge < -0.3 is 14.2 Å². The summed E-state index contributed by atoms with van der Waals surface area (Å²) in [5, 5.41) is 0. The number of rotatable bonds is 3. The molecule has 2 heterocycles. The molecule has 1 aromatic heterocycles. The van der Waals surface area contributed by atoms with E-state index in [2.05, 4.69) is 0 Å². The Morgan fingerprint density at radius 2 is 1.65 bits per heavy atom. The fourth-order valence-electron chi connectivity index (χ4n) is 2.62. The van der Waals surface area contributed by atoms with E-state index in [0.29, 0.717) is 31.7 Å². The molecule has 0 atom stereocenters. The molecule has 120 valence electrons. The molecule has 6 heteroatoms. The zero-order valence-corrected chi connectivity index (χ0v) is 12.6. The van der Waals surface area contributed by atoms with Gasteiger partial charge in [0, 0.05) is 26.2 Å². The fourth-order valence-corrected chi connectivity index (χ4v) is 2.62. The normalized spacial score (nSPS) is 14.8. The van der Waals surface area contributed by atoms with Crippen molar-refractivity contribution in [1.29, 1.82) is 0 Å². The van der Waals surface area contributed by atoms with Gasteiger partial charge in [0.25, 0.3) is 5.91 Å². The van der Waals surface area contributed by atoms with Crippen molar-refractivity contribution in [2.45, 2.75) is 6.42 Å². The molecule has 23 heavy (non-hydrogen) atoms. The SMILES string of the molecule is O=C(Cc1ccc(F)cc1)N1CCN(C(=O)c2ccoc2)CC1. The smallest absolute Gasteiger partial charge is 0.257 e. The van der Waals surface area contributed by atoms with Crippen molar-refractivity contribution in [3.8, 4) is 0 Å². The highest BCUT2D eigenvalue weighted by Crippen LogP contribution is 2.11. The predicted molar refractivity (Wildman–Crippen MR) is 81.3 cm³/mol. The standard InChI is InChI=1S/C17H17FN2O3/c18-15-3-1-13(2-4-15)11-16(21)19-6-8-20(9-7-19)17(22)14-5-10-23-12-14/h1-5,10,12H,6-9,11H2. The van der Waals surface area contributed by atoms with Crippen LogP contribution in [0.25, 0.3) is 0 Å². The summed E-state index contributed by atoms with van der Waals surface area (Å²) in [5.41, 5.74) is 1.31. The van der Waals surface area contributed by atoms with Crippen molar-refractivity contribution in [2.24, 2.45) is 0 Å². The van der Waals surface area contributed by atoms with E-state index in [9.17, 15) is 14.0 Å². The average Bonchev–Trinajstić information content (AvgIpc) is 3.11. The van der Waals surface area contributed by atoms with E-state index in [4.69, 9.17) is 4.42 Å². The highest BCUT2D eigenvalue weighted by atomic mass is 19.1. The van der Waals surface area contributed by atoms with Crippen LogP contribution in [-0.4, -0.2) is 47.8 Å². The minimum atomic E-state index is -0.312. The van der Waals surface area contributed by atoms with Crippen LogP contribution in [0.5, 0.6) is 0 Å². The Morgan fingerprint density at radius 1 is 1.00 bits per heavy atom. The Labute approximate surface area is 133 Å². The summed E-state index contributed by atoms with van der Waals surface area (Å²) in [7, 11) is 0. The summed E-state index contributed by atoms with van der Waals surface area (Å²) in [6.45, 7) is 2.01. The van der Waals surface area contributed by atoms with E-state index in [-0.39, 0.29) is 24.1 Å². The maximum absolute atomic E-state index is 12.9. The molecular weight excluding hydrogens is 299 g/mol. The molecular formula is C17H17FN2O3. The van der Waals surface area contributed by atoms with Gasteiger partial charge in [0.15, 0.2) is 0 Å². The third-order valence-electron chi connectivity index (χ3n) is 3.96. The lowest BCUT2D eigenvalue weighted by Gasteiger charge is -2.34. The van der Waals surface area contributed by atoms with Crippen molar-refractivity contribution in [3.63, 3.8) is 0 Å². The number of carbonyl (C=O) groups is 2. The number of amides is 2. The van der Waals surface area contributed by atoms with Crippen LogP contribution >= 0.6 is 0 Å². The molecule has 1 fully saturated rings. The lowest BCUT2D eigenvalue weighted by atomic mass is 10.1. The van der Waals surface area contributed by atoms with Gasteiger partial charge in [0.2, 0.25) is 5.91 Å². The van der Waals surface area contributed by atoms with Crippen LogP contribution in [0.4, 0.5) is 4.39 Å². The Hall–Kier alpha value is -2.63. The van der Waals surface area contributed by atoms with E-state index in [1.54, 1.807) is 28.0 Å². The monoisotopic (exact) mass is 316 g/mol. The summed E-state index contributed by atoms with van der Waals surface area (Å²) in [4.78, 5) is 27.9. The summed E-state index contributed by atoms with van der Waals surface area (Å²) >= 11 is 0. The molecule has 0 unspecified atom stereocenters. The first kappa shape index (κ1) is 15.3. The molecule has 0 aliphatic carbocycles. The topological polar surface area (TPSA) is 53.8 Å². The molecule has 5 nitrogen and oxygen atoms in total. The number of hydrogen-bond donors (Lipinski definition) is 0. The molecule has 1 aliphatic rings. The number of halogens is 1. The third kappa shape index (κ3) is 3.59. The quantitative estimate of drug-likeness (QED) is 0.869. The Morgan fingerprint density at radius 3 is 2.26 bits per heavy atom. The Bertz CT molecular complexity index is 674. The lowest BCUT2D eigenvalue weighted by molar-refractivity contribution is -0.131. The van der Waals surface area contributed by atoms with Crippen molar-refractivity contribution in [1.82, 2.24) is 9.80 Å². The van der Waals surface area contributed by atoms with Crippen molar-refractivity contribution < 1.29 is 18.4 Å². The van der Waals surface area contributed by atoms with Gasteiger partial charge in [-0.1, -0.05) is 12.1 Å². The predicted octanol–water partition coefficient (Wildman–Crippen LogP) is 1.95. The zero-order valence-electron chi connectivity index (χ0n) is 12.6. The second-order valence-corrected chi connectivity index (χ2v) is 5.49. The molecule has 0 bridgehead atoms. The fraction of sp³-hybridized carbons (Fsp3) is 0.294. The van der Waals surface area contributed by atoms with Crippen LogP contribution < -0.4 is 0 Å². The highest BCUT2D eigenvalue weighted by Gasteiger charge is 2.25. The first-order valence-corrected chi connectivity index (χ1v) is 7.47. The van der Waals surface area contributed by atoms with Gasteiger partial charge in [-0.2, -0.15) is 0 Å². The first-order chi connectivity index (χ1) is 11.1. The van der Waals surface area contributed by atoms with Crippen molar-refractivity contribution in [2.75, 3.05) is 26.2 Å². The van der Waals surface area contributed by atoms with E-state index >= 15 is 0 Å². The number of furan rings is 1. The van der Waals surface area contributed by atoms with Crippen LogP contribution in [-0.2, 0) is 11.2 Å². The zero-order chi connectivity index (χ0) is 16.2. The second-order valence-electron chi connectivity index (χ2n) is 5.49. The molecule has 0 N–H and O–H groups in total. The summed E-state index contributed by atoms with van der Waals surface area (Å²) < 4.78 is 17.8. The molecule has 1 aromatic carbocycles. The minimum Gasteiger partial charge on any atom is -0.472 e. The maximum atomic E-state index is 12.9. The maximum Gasteiger partial charge on any atom is 0.257 e. The van der Waals surface area contributed by atoms with Gasteiger partial charge in [-0.15, -0.1) is 0 Å². The minimum absolute atomic E-state index is 0.00739. The van der Waals surface area contributed by atoms with E-state index in [1.807, 2.05) is 0 Å². The highest BCUT2D eigenvalue weighted by molar-refractivity contribution is 5.94. The summed E-state index contributed by atoms with van der Waals surface area (Å²) in [6.07, 6.45) is 3.14. The lowest BCUT2D eigenvalue weighted by Crippen LogP contribution is -2.50. The van der Waals surface area contributed by atoms with Crippen LogP contribution in [0, 0.1) is 5.82 Å². The molecule has 0 radical (unpaired) electrons. The molecule has 0 saturated carbocycles.